The van der Waals surface area contributed by atoms with Gasteiger partial charge in [-0.25, -0.2) is 0 Å². The Balaban J connectivity index is 1.64. The Bertz CT molecular complexity index is 753. The second-order valence-electron chi connectivity index (χ2n) is 7.08. The number of hydrogen-bond donors (Lipinski definition) is 1. The van der Waals surface area contributed by atoms with Crippen molar-refractivity contribution in [2.24, 2.45) is 5.92 Å². The van der Waals surface area contributed by atoms with Gasteiger partial charge in [0.2, 0.25) is 5.91 Å². The molecule has 1 unspecified atom stereocenters. The van der Waals surface area contributed by atoms with Gasteiger partial charge in [-0.15, -0.1) is 16.8 Å². The second-order valence-corrected chi connectivity index (χ2v) is 8.39. The highest BCUT2D eigenvalue weighted by Crippen LogP contribution is 2.27. The third kappa shape index (κ3) is 5.22. The highest BCUT2D eigenvalue weighted by Gasteiger charge is 2.21. The number of nitrogens with one attached hydrogen (secondary N) is 1. The molecule has 0 radical (unpaired) electrons. The van der Waals surface area contributed by atoms with Gasteiger partial charge in [-0.05, 0) is 25.7 Å². The molecule has 2 aromatic rings. The van der Waals surface area contributed by atoms with Gasteiger partial charge < -0.3 is 5.32 Å². The third-order valence-corrected chi connectivity index (χ3v) is 6.08. The van der Waals surface area contributed by atoms with E-state index < -0.39 is 0 Å². The van der Waals surface area contributed by atoms with Crippen LogP contribution in [0.3, 0.4) is 0 Å². The number of aromatic nitrogens is 3. The van der Waals surface area contributed by atoms with Gasteiger partial charge in [0.25, 0.3) is 0 Å². The summed E-state index contributed by atoms with van der Waals surface area (Å²) in [5.74, 6) is 1.50. The van der Waals surface area contributed by atoms with Gasteiger partial charge in [-0.2, -0.15) is 0 Å². The summed E-state index contributed by atoms with van der Waals surface area (Å²) < 4.78 is 2.01. The Hall–Kier alpha value is -2.08. The zero-order valence-electron chi connectivity index (χ0n) is 15.9. The van der Waals surface area contributed by atoms with Crippen LogP contribution in [-0.2, 0) is 11.3 Å². The number of nitrogens with zero attached hydrogens (tertiary/aromatic N) is 3. The molecule has 1 amide bonds. The van der Waals surface area contributed by atoms with Gasteiger partial charge in [0.15, 0.2) is 11.0 Å². The molecule has 1 aliphatic carbocycles. The van der Waals surface area contributed by atoms with Crippen molar-refractivity contribution in [1.29, 1.82) is 0 Å². The molecule has 0 bridgehead atoms. The van der Waals surface area contributed by atoms with E-state index in [0.29, 0.717) is 12.5 Å². The van der Waals surface area contributed by atoms with Crippen LogP contribution in [0.25, 0.3) is 11.4 Å². The predicted octanol–water partition coefficient (Wildman–Crippen LogP) is 4.31. The van der Waals surface area contributed by atoms with E-state index in [-0.39, 0.29) is 11.2 Å². The van der Waals surface area contributed by atoms with Crippen LogP contribution < -0.4 is 5.32 Å². The minimum atomic E-state index is -0.218. The summed E-state index contributed by atoms with van der Waals surface area (Å²) in [5.41, 5.74) is 1.01. The van der Waals surface area contributed by atoms with Gasteiger partial charge in [0, 0.05) is 18.7 Å². The van der Waals surface area contributed by atoms with E-state index in [0.717, 1.165) is 23.1 Å². The van der Waals surface area contributed by atoms with Gasteiger partial charge in [0.1, 0.15) is 0 Å². The normalized spacial score (nSPS) is 16.0. The monoisotopic (exact) mass is 384 g/mol. The molecule has 0 saturated heterocycles. The summed E-state index contributed by atoms with van der Waals surface area (Å²) in [4.78, 5) is 12.5. The van der Waals surface area contributed by atoms with Crippen LogP contribution in [0.4, 0.5) is 0 Å². The number of hydrogen-bond acceptors (Lipinski definition) is 4. The highest BCUT2D eigenvalue weighted by molar-refractivity contribution is 8.00. The molecule has 1 heterocycles. The maximum Gasteiger partial charge on any atom is 0.233 e. The first kappa shape index (κ1) is 19.7. The number of benzene rings is 1. The molecule has 0 spiro atoms. The smallest absolute Gasteiger partial charge is 0.233 e. The molecule has 1 aromatic heterocycles. The lowest BCUT2D eigenvalue weighted by molar-refractivity contribution is -0.120. The molecule has 5 nitrogen and oxygen atoms in total. The fraction of sp³-hybridized carbons (Fsp3) is 0.476. The van der Waals surface area contributed by atoms with Crippen molar-refractivity contribution in [2.45, 2.75) is 56.0 Å². The zero-order valence-corrected chi connectivity index (χ0v) is 16.8. The summed E-state index contributed by atoms with van der Waals surface area (Å²) in [7, 11) is 0. The average molecular weight is 385 g/mol. The number of carbonyl (C=O) groups is 1. The van der Waals surface area contributed by atoms with E-state index in [1.165, 1.54) is 43.9 Å². The Morgan fingerprint density at radius 1 is 1.30 bits per heavy atom. The van der Waals surface area contributed by atoms with Crippen LogP contribution in [-0.4, -0.2) is 32.5 Å². The van der Waals surface area contributed by atoms with E-state index in [4.69, 9.17) is 0 Å². The van der Waals surface area contributed by atoms with Crippen molar-refractivity contribution in [2.75, 3.05) is 6.54 Å². The van der Waals surface area contributed by atoms with Crippen LogP contribution in [0.15, 0.2) is 48.1 Å². The molecule has 6 heteroatoms. The number of rotatable bonds is 8. The third-order valence-electron chi connectivity index (χ3n) is 5.00. The SMILES string of the molecule is C=CCn1c(SC(C)C(=O)NCC2CCCCC2)nnc1-c1ccccc1. The minimum Gasteiger partial charge on any atom is -0.355 e. The van der Waals surface area contributed by atoms with Gasteiger partial charge in [-0.3, -0.25) is 9.36 Å². The molecule has 0 aliphatic heterocycles. The number of thioether (sulfide) groups is 1. The first-order chi connectivity index (χ1) is 13.2. The van der Waals surface area contributed by atoms with Gasteiger partial charge in [-0.1, -0.05) is 67.4 Å². The maximum absolute atomic E-state index is 12.5. The lowest BCUT2D eigenvalue weighted by Crippen LogP contribution is -2.35. The van der Waals surface area contributed by atoms with Gasteiger partial charge in [0.05, 0.1) is 5.25 Å². The zero-order chi connectivity index (χ0) is 19.1. The summed E-state index contributed by atoms with van der Waals surface area (Å²) in [5, 5.41) is 12.3. The van der Waals surface area contributed by atoms with E-state index in [9.17, 15) is 4.79 Å². The quantitative estimate of drug-likeness (QED) is 0.544. The Kier molecular flexibility index (Phi) is 7.10. The topological polar surface area (TPSA) is 59.8 Å². The summed E-state index contributed by atoms with van der Waals surface area (Å²) in [6.45, 7) is 7.17. The number of carbonyl (C=O) groups excluding carboxylic acids is 1. The average Bonchev–Trinajstić information content (AvgIpc) is 3.10. The van der Waals surface area contributed by atoms with Crippen LogP contribution in [0.1, 0.15) is 39.0 Å². The molecule has 1 saturated carbocycles. The first-order valence-corrected chi connectivity index (χ1v) is 10.6. The van der Waals surface area contributed by atoms with Crippen molar-refractivity contribution in [3.8, 4) is 11.4 Å². The van der Waals surface area contributed by atoms with Crippen LogP contribution in [0, 0.1) is 5.92 Å². The fourth-order valence-corrected chi connectivity index (χ4v) is 4.34. The van der Waals surface area contributed by atoms with Crippen molar-refractivity contribution in [3.05, 3.63) is 43.0 Å². The Morgan fingerprint density at radius 2 is 2.04 bits per heavy atom. The maximum atomic E-state index is 12.5. The van der Waals surface area contributed by atoms with Crippen molar-refractivity contribution in [3.63, 3.8) is 0 Å². The van der Waals surface area contributed by atoms with Gasteiger partial charge >= 0.3 is 0 Å². The van der Waals surface area contributed by atoms with Crippen molar-refractivity contribution < 1.29 is 4.79 Å². The molecule has 144 valence electrons. The molecule has 1 fully saturated rings. The van der Waals surface area contributed by atoms with Crippen LogP contribution >= 0.6 is 11.8 Å². The van der Waals surface area contributed by atoms with E-state index in [1.807, 2.05) is 47.9 Å². The largest absolute Gasteiger partial charge is 0.355 e. The standard InChI is InChI=1S/C21H28N4OS/c1-3-14-25-19(18-12-8-5-9-13-18)23-24-21(25)27-16(2)20(26)22-15-17-10-6-4-7-11-17/h3,5,8-9,12-13,16-17H,1,4,6-7,10-11,14-15H2,2H3,(H,22,26). The van der Waals surface area contributed by atoms with Crippen LogP contribution in [0.2, 0.25) is 0 Å². The number of allylic oxidation sites excluding steroid dienone is 1. The molecule has 1 aromatic carbocycles. The second kappa shape index (κ2) is 9.74. The van der Waals surface area contributed by atoms with Crippen molar-refractivity contribution in [1.82, 2.24) is 20.1 Å². The highest BCUT2D eigenvalue weighted by atomic mass is 32.2. The lowest BCUT2D eigenvalue weighted by Gasteiger charge is -2.22. The van der Waals surface area contributed by atoms with Crippen molar-refractivity contribution >= 4 is 17.7 Å². The molecule has 27 heavy (non-hydrogen) atoms. The summed E-state index contributed by atoms with van der Waals surface area (Å²) in [6, 6.07) is 9.97. The van der Waals surface area contributed by atoms with Crippen LogP contribution in [0.5, 0.6) is 0 Å². The molecule has 3 rings (SSSR count). The summed E-state index contributed by atoms with van der Waals surface area (Å²) in [6.07, 6.45) is 8.20. The van der Waals surface area contributed by atoms with E-state index in [1.54, 1.807) is 0 Å². The molecule has 1 N–H and O–H groups in total. The molecular weight excluding hydrogens is 356 g/mol. The lowest BCUT2D eigenvalue weighted by atomic mass is 9.89. The Labute approximate surface area is 165 Å². The fourth-order valence-electron chi connectivity index (χ4n) is 3.46. The first-order valence-electron chi connectivity index (χ1n) is 9.73. The Morgan fingerprint density at radius 3 is 2.74 bits per heavy atom. The van der Waals surface area contributed by atoms with E-state index in [2.05, 4.69) is 22.1 Å². The minimum absolute atomic E-state index is 0.0694. The predicted molar refractivity (Wildman–Crippen MR) is 111 cm³/mol. The molecule has 1 aliphatic rings. The van der Waals surface area contributed by atoms with E-state index >= 15 is 0 Å². The number of amides is 1. The summed E-state index contributed by atoms with van der Waals surface area (Å²) >= 11 is 1.45. The molecular formula is C21H28N4OS. The molecule has 1 atom stereocenters.